The van der Waals surface area contributed by atoms with Gasteiger partial charge in [-0.15, -0.1) is 6.58 Å². The topological polar surface area (TPSA) is 96.4 Å². The van der Waals surface area contributed by atoms with E-state index in [2.05, 4.69) is 6.58 Å². The molecule has 6 atom stereocenters. The van der Waals surface area contributed by atoms with Crippen LogP contribution in [0.3, 0.4) is 0 Å². The molecule has 2 bridgehead atoms. The molecule has 34 heavy (non-hydrogen) atoms. The van der Waals surface area contributed by atoms with Crippen molar-refractivity contribution in [3.8, 4) is 0 Å². The van der Waals surface area contributed by atoms with Crippen LogP contribution in [0.25, 0.3) is 0 Å². The van der Waals surface area contributed by atoms with E-state index in [1.165, 1.54) is 9.80 Å². The molecule has 0 radical (unpaired) electrons. The van der Waals surface area contributed by atoms with Crippen molar-refractivity contribution in [1.82, 2.24) is 4.90 Å². The van der Waals surface area contributed by atoms with Gasteiger partial charge in [0.1, 0.15) is 11.6 Å². The van der Waals surface area contributed by atoms with E-state index in [-0.39, 0.29) is 31.6 Å². The van der Waals surface area contributed by atoms with Crippen LogP contribution < -0.4 is 4.90 Å². The van der Waals surface area contributed by atoms with E-state index in [1.54, 1.807) is 37.3 Å². The van der Waals surface area contributed by atoms with Crippen LogP contribution in [0.2, 0.25) is 5.02 Å². The molecule has 3 saturated heterocycles. The molecule has 3 fully saturated rings. The van der Waals surface area contributed by atoms with Crippen LogP contribution in [0.15, 0.2) is 36.9 Å². The molecule has 8 nitrogen and oxygen atoms in total. The largest absolute Gasteiger partial charge is 0.466 e. The van der Waals surface area contributed by atoms with Gasteiger partial charge in [-0.2, -0.15) is 0 Å². The summed E-state index contributed by atoms with van der Waals surface area (Å²) in [5.41, 5.74) is -0.674. The second-order valence-electron chi connectivity index (χ2n) is 8.99. The lowest BCUT2D eigenvalue weighted by molar-refractivity contribution is -0.155. The van der Waals surface area contributed by atoms with E-state index in [9.17, 15) is 19.5 Å². The van der Waals surface area contributed by atoms with Crippen molar-refractivity contribution < 1.29 is 29.0 Å². The van der Waals surface area contributed by atoms with E-state index in [0.29, 0.717) is 30.0 Å². The van der Waals surface area contributed by atoms with Crippen molar-refractivity contribution in [2.24, 2.45) is 11.8 Å². The molecule has 3 aliphatic rings. The molecule has 0 unspecified atom stereocenters. The Morgan fingerprint density at radius 1 is 1.41 bits per heavy atom. The summed E-state index contributed by atoms with van der Waals surface area (Å²) in [6.07, 6.45) is 2.57. The summed E-state index contributed by atoms with van der Waals surface area (Å²) in [6, 6.07) is 5.37. The summed E-state index contributed by atoms with van der Waals surface area (Å²) in [6.45, 7) is 7.39. The van der Waals surface area contributed by atoms with Crippen molar-refractivity contribution in [1.29, 1.82) is 0 Å². The molecule has 4 rings (SSSR count). The molecule has 0 aromatic heterocycles. The van der Waals surface area contributed by atoms with Gasteiger partial charge >= 0.3 is 5.97 Å². The molecule has 0 aliphatic carbocycles. The minimum absolute atomic E-state index is 0.169. The van der Waals surface area contributed by atoms with Crippen LogP contribution >= 0.6 is 11.6 Å². The quantitative estimate of drug-likeness (QED) is 0.422. The molecular formula is C25H31ClN2O6. The molecule has 0 saturated carbocycles. The van der Waals surface area contributed by atoms with Crippen LogP contribution in [-0.4, -0.2) is 71.3 Å². The maximum Gasteiger partial charge on any atom is 0.312 e. The number of ether oxygens (including phenoxy) is 2. The smallest absolute Gasteiger partial charge is 0.312 e. The molecule has 9 heteroatoms. The summed E-state index contributed by atoms with van der Waals surface area (Å²) in [7, 11) is 0. The summed E-state index contributed by atoms with van der Waals surface area (Å²) >= 11 is 6.43. The average Bonchev–Trinajstić information content (AvgIpc) is 3.47. The highest BCUT2D eigenvalue weighted by Gasteiger charge is 2.75. The predicted molar refractivity (Wildman–Crippen MR) is 126 cm³/mol. The van der Waals surface area contributed by atoms with Gasteiger partial charge in [-0.05, 0) is 38.3 Å². The predicted octanol–water partition coefficient (Wildman–Crippen LogP) is 2.57. The fraction of sp³-hybridized carbons (Fsp3) is 0.560. The van der Waals surface area contributed by atoms with E-state index in [0.717, 1.165) is 0 Å². The third kappa shape index (κ3) is 3.63. The normalized spacial score (nSPS) is 30.2. The zero-order valence-electron chi connectivity index (χ0n) is 19.5. The monoisotopic (exact) mass is 490 g/mol. The fourth-order valence-electron chi connectivity index (χ4n) is 5.94. The van der Waals surface area contributed by atoms with Gasteiger partial charge in [-0.3, -0.25) is 14.4 Å². The molecular weight excluding hydrogens is 460 g/mol. The maximum atomic E-state index is 14.3. The number of carbonyl (C=O) groups is 3. The fourth-order valence-corrected chi connectivity index (χ4v) is 6.18. The van der Waals surface area contributed by atoms with Crippen molar-refractivity contribution in [2.45, 2.75) is 56.9 Å². The van der Waals surface area contributed by atoms with Crippen LogP contribution in [0.1, 0.15) is 33.1 Å². The lowest BCUT2D eigenvalue weighted by Gasteiger charge is -2.39. The summed E-state index contributed by atoms with van der Waals surface area (Å²) < 4.78 is 11.7. The number of rotatable bonds is 9. The molecule has 1 spiro atoms. The molecule has 3 heterocycles. The highest BCUT2D eigenvalue weighted by molar-refractivity contribution is 6.34. The number of halogens is 1. The van der Waals surface area contributed by atoms with E-state index >= 15 is 0 Å². The molecule has 184 valence electrons. The van der Waals surface area contributed by atoms with Crippen LogP contribution in [0.4, 0.5) is 5.69 Å². The lowest BCUT2D eigenvalue weighted by atomic mass is 9.70. The number of carbonyl (C=O) groups excluding carboxylic acids is 3. The number of anilines is 1. The van der Waals surface area contributed by atoms with Crippen molar-refractivity contribution >= 4 is 35.1 Å². The number of para-hydroxylation sites is 1. The number of benzene rings is 1. The van der Waals surface area contributed by atoms with Crippen LogP contribution in [-0.2, 0) is 23.9 Å². The number of hydrogen-bond donors (Lipinski definition) is 1. The Morgan fingerprint density at radius 3 is 2.76 bits per heavy atom. The minimum atomic E-state index is -1.17. The second-order valence-corrected chi connectivity index (χ2v) is 9.39. The van der Waals surface area contributed by atoms with Gasteiger partial charge in [-0.25, -0.2) is 0 Å². The highest BCUT2D eigenvalue weighted by Crippen LogP contribution is 2.59. The number of amides is 2. The summed E-state index contributed by atoms with van der Waals surface area (Å²) in [5.74, 6) is -2.81. The van der Waals surface area contributed by atoms with E-state index in [4.69, 9.17) is 21.1 Å². The summed E-state index contributed by atoms with van der Waals surface area (Å²) in [5, 5.41) is 10.5. The van der Waals surface area contributed by atoms with Crippen molar-refractivity contribution in [2.75, 3.05) is 24.7 Å². The number of fused-ring (bicyclic) bond motifs is 1. The molecule has 2 amide bonds. The maximum absolute atomic E-state index is 14.3. The van der Waals surface area contributed by atoms with Crippen molar-refractivity contribution in [3.05, 3.63) is 41.9 Å². The third-order valence-electron chi connectivity index (χ3n) is 7.33. The van der Waals surface area contributed by atoms with Gasteiger partial charge in [0.2, 0.25) is 5.91 Å². The number of nitrogens with zero attached hydrogens (tertiary/aromatic N) is 2. The minimum Gasteiger partial charge on any atom is -0.466 e. The number of hydrogen-bond acceptors (Lipinski definition) is 6. The lowest BCUT2D eigenvalue weighted by Crippen LogP contribution is -2.59. The van der Waals surface area contributed by atoms with E-state index in [1.807, 2.05) is 6.92 Å². The van der Waals surface area contributed by atoms with Gasteiger partial charge in [0.25, 0.3) is 5.91 Å². The first kappa shape index (κ1) is 24.7. The average molecular weight is 491 g/mol. The molecule has 1 aromatic rings. The molecule has 1 N–H and O–H groups in total. The second kappa shape index (κ2) is 9.68. The first-order chi connectivity index (χ1) is 16.4. The zero-order valence-corrected chi connectivity index (χ0v) is 20.2. The SMILES string of the molecule is C=CCN(C(=O)[C@H]1N([C@@H](CC)CO)C(=O)[C@@H]2[C@@H](C(=O)OCC)[C@H]3CC[C@]21O3)c1ccccc1Cl. The zero-order chi connectivity index (χ0) is 24.6. The van der Waals surface area contributed by atoms with Gasteiger partial charge in [0.05, 0.1) is 47.9 Å². The third-order valence-corrected chi connectivity index (χ3v) is 7.65. The number of aliphatic hydroxyl groups is 1. The van der Waals surface area contributed by atoms with Gasteiger partial charge < -0.3 is 24.4 Å². The number of likely N-dealkylation sites (tertiary alicyclic amines) is 1. The first-order valence-electron chi connectivity index (χ1n) is 11.8. The first-order valence-corrected chi connectivity index (χ1v) is 12.2. The van der Waals surface area contributed by atoms with Crippen LogP contribution in [0.5, 0.6) is 0 Å². The Labute approximate surface area is 204 Å². The highest BCUT2D eigenvalue weighted by atomic mass is 35.5. The Balaban J connectivity index is 1.82. The number of esters is 1. The van der Waals surface area contributed by atoms with Gasteiger partial charge in [0, 0.05) is 6.54 Å². The van der Waals surface area contributed by atoms with Crippen molar-refractivity contribution in [3.63, 3.8) is 0 Å². The van der Waals surface area contributed by atoms with Crippen LogP contribution in [0, 0.1) is 11.8 Å². The number of aliphatic hydroxyl groups excluding tert-OH is 1. The molecule has 1 aromatic carbocycles. The summed E-state index contributed by atoms with van der Waals surface area (Å²) in [4.78, 5) is 43.9. The molecule has 3 aliphatic heterocycles. The Bertz CT molecular complexity index is 982. The van der Waals surface area contributed by atoms with Gasteiger partial charge in [-0.1, -0.05) is 36.7 Å². The Hall–Kier alpha value is -2.42. The standard InChI is InChI=1S/C25H31ClN2O6/c1-4-13-27(17-10-8-7-9-16(17)26)23(31)21-25-12-11-18(34-25)19(24(32)33-6-3)20(25)22(30)28(21)15(5-2)14-29/h4,7-10,15,18-21,29H,1,5-6,11-14H2,2-3H3/t15-,18+,19-,20-,21+,25-/m0/s1. The Kier molecular flexibility index (Phi) is 7.03. The van der Waals surface area contributed by atoms with Gasteiger partial charge in [0.15, 0.2) is 0 Å². The van der Waals surface area contributed by atoms with E-state index < -0.39 is 41.6 Å². The Morgan fingerprint density at radius 2 is 2.15 bits per heavy atom.